The number of nitrogens with zero attached hydrogens (tertiary/aromatic N) is 3. The summed E-state index contributed by atoms with van der Waals surface area (Å²) in [6.45, 7) is 0. The molecule has 0 unspecified atom stereocenters. The van der Waals surface area contributed by atoms with Gasteiger partial charge in [0, 0.05) is 16.5 Å². The maximum atomic E-state index is 12.1. The van der Waals surface area contributed by atoms with Gasteiger partial charge in [0.15, 0.2) is 11.5 Å². The number of rotatable bonds is 4. The van der Waals surface area contributed by atoms with Gasteiger partial charge < -0.3 is 9.52 Å². The smallest absolute Gasteiger partial charge is 0.239 e. The highest BCUT2D eigenvalue weighted by Crippen LogP contribution is 2.29. The Morgan fingerprint density at radius 3 is 3.05 bits per heavy atom. The zero-order valence-electron chi connectivity index (χ0n) is 9.98. The Labute approximate surface area is 116 Å². The van der Waals surface area contributed by atoms with Crippen LogP contribution in [0.25, 0.3) is 16.2 Å². The molecule has 3 aromatic heterocycles. The van der Waals surface area contributed by atoms with Gasteiger partial charge in [-0.1, -0.05) is 6.07 Å². The lowest BCUT2D eigenvalue weighted by Crippen LogP contribution is -1.97. The van der Waals surface area contributed by atoms with Gasteiger partial charge in [-0.25, -0.2) is 0 Å². The topological polar surface area (TPSA) is 105 Å². The summed E-state index contributed by atoms with van der Waals surface area (Å²) in [5.41, 5.74) is 0.683. The summed E-state index contributed by atoms with van der Waals surface area (Å²) in [5.74, 6) is -0.747. The van der Waals surface area contributed by atoms with Crippen LogP contribution in [0.1, 0.15) is 16.4 Å². The minimum absolute atomic E-state index is 0.0532. The third-order valence-electron chi connectivity index (χ3n) is 2.52. The Bertz CT molecular complexity index is 744. The first-order chi connectivity index (χ1) is 9.75. The first-order valence-electron chi connectivity index (χ1n) is 5.56. The van der Waals surface area contributed by atoms with Gasteiger partial charge in [0.25, 0.3) is 0 Å². The zero-order chi connectivity index (χ0) is 13.9. The second-order valence-electron chi connectivity index (χ2n) is 3.77. The molecule has 2 N–H and O–H groups in total. The molecule has 3 rings (SSSR count). The molecule has 7 nitrogen and oxygen atoms in total. The number of aliphatic hydroxyl groups is 1. The number of allylic oxidation sites excluding steroid dienone is 1. The Morgan fingerprint density at radius 2 is 2.35 bits per heavy atom. The van der Waals surface area contributed by atoms with E-state index in [-0.39, 0.29) is 17.3 Å². The summed E-state index contributed by atoms with van der Waals surface area (Å²) in [7, 11) is 0. The molecule has 0 aliphatic carbocycles. The summed E-state index contributed by atoms with van der Waals surface area (Å²) in [4.78, 5) is 13.0. The number of H-pyrrole nitrogens is 1. The van der Waals surface area contributed by atoms with Gasteiger partial charge in [-0.05, 0) is 22.7 Å². The van der Waals surface area contributed by atoms with E-state index in [9.17, 15) is 9.90 Å². The van der Waals surface area contributed by atoms with Gasteiger partial charge in [-0.2, -0.15) is 5.21 Å². The molecular weight excluding hydrogens is 280 g/mol. The van der Waals surface area contributed by atoms with Gasteiger partial charge >= 0.3 is 0 Å². The molecule has 0 fully saturated rings. The van der Waals surface area contributed by atoms with Gasteiger partial charge in [-0.3, -0.25) is 4.79 Å². The number of aliphatic hydroxyl groups excluding tert-OH is 1. The van der Waals surface area contributed by atoms with Crippen LogP contribution in [0, 0.1) is 0 Å². The number of ketones is 1. The normalized spacial score (nSPS) is 11.7. The van der Waals surface area contributed by atoms with Crippen molar-refractivity contribution in [3.05, 3.63) is 47.5 Å². The van der Waals surface area contributed by atoms with E-state index >= 15 is 0 Å². The van der Waals surface area contributed by atoms with Gasteiger partial charge in [-0.15, -0.1) is 21.5 Å². The average Bonchev–Trinajstić information content (AvgIpc) is 3.19. The number of hydrogen-bond acceptors (Lipinski definition) is 7. The second-order valence-corrected chi connectivity index (χ2v) is 4.72. The highest BCUT2D eigenvalue weighted by molar-refractivity contribution is 7.13. The van der Waals surface area contributed by atoms with Gasteiger partial charge in [0.2, 0.25) is 11.6 Å². The van der Waals surface area contributed by atoms with Crippen molar-refractivity contribution in [1.82, 2.24) is 20.6 Å². The summed E-state index contributed by atoms with van der Waals surface area (Å²) < 4.78 is 5.21. The van der Waals surface area contributed by atoms with Crippen LogP contribution in [-0.2, 0) is 0 Å². The van der Waals surface area contributed by atoms with Crippen LogP contribution < -0.4 is 0 Å². The predicted molar refractivity (Wildman–Crippen MR) is 71.1 cm³/mol. The molecule has 0 saturated heterocycles. The molecule has 0 saturated carbocycles. The lowest BCUT2D eigenvalue weighted by atomic mass is 10.1. The fourth-order valence-electron chi connectivity index (χ4n) is 1.65. The third-order valence-corrected chi connectivity index (χ3v) is 3.42. The molecule has 20 heavy (non-hydrogen) atoms. The van der Waals surface area contributed by atoms with Crippen molar-refractivity contribution < 1.29 is 14.3 Å². The number of thiophene rings is 1. The average molecular weight is 288 g/mol. The quantitative estimate of drug-likeness (QED) is 0.433. The van der Waals surface area contributed by atoms with E-state index in [1.54, 1.807) is 6.07 Å². The maximum absolute atomic E-state index is 12.1. The number of hydrogen-bond donors (Lipinski definition) is 2. The molecule has 0 aromatic carbocycles. The van der Waals surface area contributed by atoms with E-state index in [0.717, 1.165) is 11.0 Å². The second kappa shape index (κ2) is 5.10. The number of nitrogens with one attached hydrogen (secondary N) is 1. The van der Waals surface area contributed by atoms with E-state index in [4.69, 9.17) is 4.42 Å². The minimum Gasteiger partial charge on any atom is -0.504 e. The van der Waals surface area contributed by atoms with Crippen LogP contribution in [0.4, 0.5) is 0 Å². The number of carbonyl (C=O) groups excluding carboxylic acids is 1. The van der Waals surface area contributed by atoms with Crippen molar-refractivity contribution in [1.29, 1.82) is 0 Å². The van der Waals surface area contributed by atoms with Crippen LogP contribution in [0.5, 0.6) is 0 Å². The molecule has 0 bridgehead atoms. The van der Waals surface area contributed by atoms with Crippen molar-refractivity contribution in [3.8, 4) is 10.4 Å². The largest absolute Gasteiger partial charge is 0.504 e. The van der Waals surface area contributed by atoms with Crippen LogP contribution in [0.2, 0.25) is 0 Å². The van der Waals surface area contributed by atoms with Crippen molar-refractivity contribution in [2.45, 2.75) is 0 Å². The monoisotopic (exact) mass is 288 g/mol. The SMILES string of the molecule is O=C(C=C(O)c1nn[nH]n1)c1occc1-c1cccs1. The first-order valence-corrected chi connectivity index (χ1v) is 6.44. The van der Waals surface area contributed by atoms with Crippen LogP contribution in [0.15, 0.2) is 40.3 Å². The number of aromatic amines is 1. The molecule has 0 spiro atoms. The fourth-order valence-corrected chi connectivity index (χ4v) is 2.40. The molecule has 0 amide bonds. The van der Waals surface area contributed by atoms with E-state index in [1.165, 1.54) is 17.6 Å². The molecular formula is C12H8N4O3S. The summed E-state index contributed by atoms with van der Waals surface area (Å²) in [6, 6.07) is 5.47. The van der Waals surface area contributed by atoms with Crippen LogP contribution in [0.3, 0.4) is 0 Å². The molecule has 0 radical (unpaired) electrons. The number of furan rings is 1. The number of tetrazole rings is 1. The number of carbonyl (C=O) groups is 1. The van der Waals surface area contributed by atoms with Gasteiger partial charge in [0.05, 0.1) is 6.26 Å². The number of aromatic nitrogens is 4. The van der Waals surface area contributed by atoms with Crippen molar-refractivity contribution >= 4 is 22.9 Å². The zero-order valence-corrected chi connectivity index (χ0v) is 10.8. The Kier molecular flexibility index (Phi) is 3.13. The maximum Gasteiger partial charge on any atom is 0.239 e. The Morgan fingerprint density at radius 1 is 1.45 bits per heavy atom. The first kappa shape index (κ1) is 12.3. The van der Waals surface area contributed by atoms with Crippen molar-refractivity contribution in [3.63, 3.8) is 0 Å². The summed E-state index contributed by atoms with van der Waals surface area (Å²) >= 11 is 1.49. The van der Waals surface area contributed by atoms with E-state index in [2.05, 4.69) is 20.6 Å². The Balaban J connectivity index is 1.93. The molecule has 100 valence electrons. The van der Waals surface area contributed by atoms with E-state index in [1.807, 2.05) is 17.5 Å². The Hall–Kier alpha value is -2.74. The van der Waals surface area contributed by atoms with E-state index < -0.39 is 5.78 Å². The lowest BCUT2D eigenvalue weighted by Gasteiger charge is -1.96. The summed E-state index contributed by atoms with van der Waals surface area (Å²) in [6.07, 6.45) is 2.43. The standard InChI is InChI=1S/C12H8N4O3S/c17-8(6-9(18)12-13-15-16-14-12)11-7(3-4-19-11)10-2-1-5-20-10/h1-6,18H,(H,13,14,15,16). The summed E-state index contributed by atoms with van der Waals surface area (Å²) in [5, 5.41) is 24.3. The molecule has 3 aromatic rings. The molecule has 0 atom stereocenters. The van der Waals surface area contributed by atoms with E-state index in [0.29, 0.717) is 5.56 Å². The highest BCUT2D eigenvalue weighted by atomic mass is 32.1. The fraction of sp³-hybridized carbons (Fsp3) is 0. The highest BCUT2D eigenvalue weighted by Gasteiger charge is 2.17. The van der Waals surface area contributed by atoms with Crippen molar-refractivity contribution in [2.24, 2.45) is 0 Å². The minimum atomic E-state index is -0.472. The molecule has 0 aliphatic heterocycles. The molecule has 8 heteroatoms. The van der Waals surface area contributed by atoms with Crippen LogP contribution in [-0.4, -0.2) is 31.5 Å². The predicted octanol–water partition coefficient (Wildman–Crippen LogP) is 2.30. The van der Waals surface area contributed by atoms with Crippen LogP contribution >= 0.6 is 11.3 Å². The molecule has 3 heterocycles. The van der Waals surface area contributed by atoms with Gasteiger partial charge in [0.1, 0.15) is 0 Å². The lowest BCUT2D eigenvalue weighted by molar-refractivity contribution is 0.102. The third kappa shape index (κ3) is 2.24. The van der Waals surface area contributed by atoms with Crippen molar-refractivity contribution in [2.75, 3.05) is 0 Å². The molecule has 0 aliphatic rings.